The Morgan fingerprint density at radius 3 is 2.48 bits per heavy atom. The van der Waals surface area contributed by atoms with Crippen LogP contribution in [0.5, 0.6) is 0 Å². The molecule has 0 radical (unpaired) electrons. The van der Waals surface area contributed by atoms with E-state index in [4.69, 9.17) is 5.73 Å². The van der Waals surface area contributed by atoms with Crippen LogP contribution in [0.15, 0.2) is 48.5 Å². The van der Waals surface area contributed by atoms with Crippen molar-refractivity contribution in [2.24, 2.45) is 0 Å². The predicted octanol–water partition coefficient (Wildman–Crippen LogP) is 2.71. The summed E-state index contributed by atoms with van der Waals surface area (Å²) in [7, 11) is 0. The van der Waals surface area contributed by atoms with Crippen molar-refractivity contribution in [2.45, 2.75) is 13.3 Å². The summed E-state index contributed by atoms with van der Waals surface area (Å²) >= 11 is 0. The van der Waals surface area contributed by atoms with E-state index in [-0.39, 0.29) is 5.82 Å². The number of imide groups is 1. The molecule has 120 valence electrons. The van der Waals surface area contributed by atoms with Crippen LogP contribution in [0.1, 0.15) is 12.5 Å². The van der Waals surface area contributed by atoms with Gasteiger partial charge in [0, 0.05) is 19.2 Å². The number of hydrogen-bond acceptors (Lipinski definition) is 3. The highest BCUT2D eigenvalue weighted by Gasteiger charge is 2.19. The number of nitrogens with zero attached hydrogens (tertiary/aromatic N) is 1. The minimum absolute atomic E-state index is 0.293. The lowest BCUT2D eigenvalue weighted by atomic mass is 10.1. The smallest absolute Gasteiger partial charge is 0.328 e. The number of carbonyl (C=O) groups is 2. The maximum absolute atomic E-state index is 13.1. The molecule has 0 aliphatic rings. The van der Waals surface area contributed by atoms with Gasteiger partial charge in [-0.2, -0.15) is 0 Å². The number of benzene rings is 2. The number of nitrogens with two attached hydrogens (primary N) is 1. The minimum Gasteiger partial charge on any atom is -0.399 e. The fourth-order valence-electron chi connectivity index (χ4n) is 2.15. The lowest BCUT2D eigenvalue weighted by Gasteiger charge is -2.20. The highest BCUT2D eigenvalue weighted by atomic mass is 19.1. The van der Waals surface area contributed by atoms with E-state index in [1.165, 1.54) is 19.1 Å². The number of urea groups is 1. The highest BCUT2D eigenvalue weighted by Crippen LogP contribution is 2.16. The summed E-state index contributed by atoms with van der Waals surface area (Å²) in [6.45, 7) is 1.60. The van der Waals surface area contributed by atoms with Crippen LogP contribution >= 0.6 is 0 Å². The minimum atomic E-state index is -0.529. The third kappa shape index (κ3) is 4.54. The van der Waals surface area contributed by atoms with Crippen LogP contribution < -0.4 is 16.0 Å². The number of nitrogens with one attached hydrogen (secondary N) is 1. The number of carbonyl (C=O) groups excluding carboxylic acids is 2. The van der Waals surface area contributed by atoms with Crippen LogP contribution in [0.4, 0.5) is 20.6 Å². The Morgan fingerprint density at radius 1 is 1.17 bits per heavy atom. The lowest BCUT2D eigenvalue weighted by molar-refractivity contribution is -0.115. The Kier molecular flexibility index (Phi) is 5.30. The average molecular weight is 315 g/mol. The van der Waals surface area contributed by atoms with Gasteiger partial charge in [-0.3, -0.25) is 4.79 Å². The SMILES string of the molecule is CC(=O)N(C(=O)NCCc1cccc(F)c1)c1ccc(N)cc1. The molecule has 0 saturated heterocycles. The zero-order valence-electron chi connectivity index (χ0n) is 12.8. The zero-order valence-corrected chi connectivity index (χ0v) is 12.8. The van der Waals surface area contributed by atoms with E-state index in [1.54, 1.807) is 36.4 Å². The van der Waals surface area contributed by atoms with Gasteiger partial charge in [0.15, 0.2) is 0 Å². The van der Waals surface area contributed by atoms with Gasteiger partial charge >= 0.3 is 6.03 Å². The van der Waals surface area contributed by atoms with Crippen molar-refractivity contribution in [3.05, 3.63) is 59.9 Å². The van der Waals surface area contributed by atoms with Crippen molar-refractivity contribution in [1.82, 2.24) is 5.32 Å². The number of rotatable bonds is 4. The fourth-order valence-corrected chi connectivity index (χ4v) is 2.15. The largest absolute Gasteiger partial charge is 0.399 e. The molecular weight excluding hydrogens is 297 g/mol. The summed E-state index contributed by atoms with van der Waals surface area (Å²) in [5.41, 5.74) is 7.36. The summed E-state index contributed by atoms with van der Waals surface area (Å²) in [5.74, 6) is -0.723. The van der Waals surface area contributed by atoms with Crippen molar-refractivity contribution >= 4 is 23.3 Å². The van der Waals surface area contributed by atoms with Gasteiger partial charge in [0.1, 0.15) is 5.82 Å². The Hall–Kier alpha value is -2.89. The number of anilines is 2. The van der Waals surface area contributed by atoms with Crippen LogP contribution in [0.2, 0.25) is 0 Å². The molecule has 0 heterocycles. The first-order valence-electron chi connectivity index (χ1n) is 7.16. The quantitative estimate of drug-likeness (QED) is 0.852. The van der Waals surface area contributed by atoms with Crippen molar-refractivity contribution in [1.29, 1.82) is 0 Å². The maximum atomic E-state index is 13.1. The van der Waals surface area contributed by atoms with Gasteiger partial charge in [-0.15, -0.1) is 0 Å². The molecule has 5 nitrogen and oxygen atoms in total. The maximum Gasteiger partial charge on any atom is 0.328 e. The highest BCUT2D eigenvalue weighted by molar-refractivity contribution is 6.13. The molecule has 0 saturated carbocycles. The molecule has 0 aliphatic carbocycles. The normalized spacial score (nSPS) is 10.2. The fraction of sp³-hybridized carbons (Fsp3) is 0.176. The standard InChI is InChI=1S/C17H18FN3O2/c1-12(22)21(16-7-5-15(19)6-8-16)17(23)20-10-9-13-3-2-4-14(18)11-13/h2-8,11H,9-10,19H2,1H3,(H,20,23). The molecule has 2 aromatic carbocycles. The van der Waals surface area contributed by atoms with Crippen LogP contribution in [-0.4, -0.2) is 18.5 Å². The van der Waals surface area contributed by atoms with Gasteiger partial charge in [0.2, 0.25) is 5.91 Å². The molecule has 2 aromatic rings. The predicted molar refractivity (Wildman–Crippen MR) is 87.5 cm³/mol. The zero-order chi connectivity index (χ0) is 16.8. The third-order valence-electron chi connectivity index (χ3n) is 3.25. The van der Waals surface area contributed by atoms with E-state index < -0.39 is 11.9 Å². The third-order valence-corrected chi connectivity index (χ3v) is 3.25. The summed E-state index contributed by atoms with van der Waals surface area (Å²) in [6.07, 6.45) is 0.469. The van der Waals surface area contributed by atoms with Gasteiger partial charge in [0.25, 0.3) is 0 Å². The number of amides is 3. The lowest BCUT2D eigenvalue weighted by Crippen LogP contribution is -2.43. The van der Waals surface area contributed by atoms with E-state index >= 15 is 0 Å². The molecule has 0 unspecified atom stereocenters. The van der Waals surface area contributed by atoms with Crippen molar-refractivity contribution < 1.29 is 14.0 Å². The first kappa shape index (κ1) is 16.5. The van der Waals surface area contributed by atoms with Crippen molar-refractivity contribution in [2.75, 3.05) is 17.2 Å². The Morgan fingerprint density at radius 2 is 1.87 bits per heavy atom. The topological polar surface area (TPSA) is 75.4 Å². The van der Waals surface area contributed by atoms with E-state index in [0.29, 0.717) is 24.3 Å². The molecule has 0 fully saturated rings. The summed E-state index contributed by atoms with van der Waals surface area (Å²) < 4.78 is 13.1. The van der Waals surface area contributed by atoms with Gasteiger partial charge in [-0.25, -0.2) is 14.1 Å². The molecule has 0 atom stereocenters. The number of halogens is 1. The first-order chi connectivity index (χ1) is 11.0. The molecule has 3 amide bonds. The molecule has 23 heavy (non-hydrogen) atoms. The van der Waals surface area contributed by atoms with Crippen LogP contribution in [0, 0.1) is 5.82 Å². The summed E-state index contributed by atoms with van der Waals surface area (Å²) in [6, 6.07) is 12.1. The van der Waals surface area contributed by atoms with E-state index in [9.17, 15) is 14.0 Å². The van der Waals surface area contributed by atoms with Gasteiger partial charge in [-0.05, 0) is 48.4 Å². The van der Waals surface area contributed by atoms with Crippen LogP contribution in [0.3, 0.4) is 0 Å². The van der Waals surface area contributed by atoms with Gasteiger partial charge in [0.05, 0.1) is 5.69 Å². The van der Waals surface area contributed by atoms with Gasteiger partial charge < -0.3 is 11.1 Å². The summed E-state index contributed by atoms with van der Waals surface area (Å²) in [5, 5.41) is 2.66. The Bertz CT molecular complexity index is 701. The average Bonchev–Trinajstić information content (AvgIpc) is 2.49. The monoisotopic (exact) mass is 315 g/mol. The molecule has 0 aromatic heterocycles. The van der Waals surface area contributed by atoms with Crippen molar-refractivity contribution in [3.8, 4) is 0 Å². The number of nitrogen functional groups attached to an aromatic ring is 1. The number of hydrogen-bond donors (Lipinski definition) is 2. The second kappa shape index (κ2) is 7.40. The second-order valence-corrected chi connectivity index (χ2v) is 5.06. The molecule has 3 N–H and O–H groups in total. The summed E-state index contributed by atoms with van der Waals surface area (Å²) in [4.78, 5) is 25.0. The molecule has 0 bridgehead atoms. The van der Waals surface area contributed by atoms with Crippen molar-refractivity contribution in [3.63, 3.8) is 0 Å². The van der Waals surface area contributed by atoms with E-state index in [2.05, 4.69) is 5.32 Å². The molecule has 0 aliphatic heterocycles. The Balaban J connectivity index is 1.99. The second-order valence-electron chi connectivity index (χ2n) is 5.06. The van der Waals surface area contributed by atoms with E-state index in [0.717, 1.165) is 10.5 Å². The Labute approximate surface area is 133 Å². The van der Waals surface area contributed by atoms with Gasteiger partial charge in [-0.1, -0.05) is 12.1 Å². The first-order valence-corrected chi connectivity index (χ1v) is 7.16. The molecule has 2 rings (SSSR count). The van der Waals surface area contributed by atoms with Crippen LogP contribution in [-0.2, 0) is 11.2 Å². The van der Waals surface area contributed by atoms with Crippen LogP contribution in [0.25, 0.3) is 0 Å². The molecule has 6 heteroatoms. The molecular formula is C17H18FN3O2. The van der Waals surface area contributed by atoms with E-state index in [1.807, 2.05) is 0 Å². The molecule has 0 spiro atoms.